The van der Waals surface area contributed by atoms with Gasteiger partial charge in [0.05, 0.1) is 89.0 Å². The summed E-state index contributed by atoms with van der Waals surface area (Å²) >= 11 is 9.34. The molecule has 0 bridgehead atoms. The number of phosphoric acid groups is 4. The van der Waals surface area contributed by atoms with Crippen LogP contribution in [0.1, 0.15) is 43.2 Å². The van der Waals surface area contributed by atoms with E-state index in [4.69, 9.17) is 123 Å². The number of aryl methyl sites for hydroxylation is 1. The predicted molar refractivity (Wildman–Crippen MR) is 446 cm³/mol. The first-order valence-corrected chi connectivity index (χ1v) is 50.4. The van der Waals surface area contributed by atoms with Crippen LogP contribution in [0.5, 0.6) is 0 Å². The molecule has 0 aromatic carbocycles. The minimum Gasteiger partial charge on any atom is -0.397 e. The molecule has 0 aliphatic carbocycles. The predicted octanol–water partition coefficient (Wildman–Crippen LogP) is -3.33. The summed E-state index contributed by atoms with van der Waals surface area (Å²) in [5, 5.41) is 67.1. The van der Waals surface area contributed by atoms with Crippen molar-refractivity contribution in [2.45, 2.75) is 154 Å². The van der Waals surface area contributed by atoms with E-state index in [2.05, 4.69) is 92.0 Å². The Labute approximate surface area is 753 Å². The number of rotatable bonds is 6. The van der Waals surface area contributed by atoms with Crippen LogP contribution in [0.3, 0.4) is 0 Å². The molecule has 63 nitrogen and oxygen atoms in total. The molecule has 0 saturated carbocycles. The maximum absolute atomic E-state index is 13.4. The van der Waals surface area contributed by atoms with Crippen LogP contribution in [0.25, 0.3) is 67.0 Å². The summed E-state index contributed by atoms with van der Waals surface area (Å²) in [6, 6.07) is 3.09. The number of thiol groups is 1. The smallest absolute Gasteiger partial charge is 0.397 e. The lowest BCUT2D eigenvalue weighted by atomic mass is 10.1. The summed E-state index contributed by atoms with van der Waals surface area (Å²) in [6.07, 6.45) is -22.4. The lowest BCUT2D eigenvalue weighted by Gasteiger charge is -2.29. The molecule has 720 valence electrons. The number of aromatic nitrogens is 22. The third-order valence-corrected chi connectivity index (χ3v) is 29.3. The average Bonchev–Trinajstić information content (AvgIpc) is 1.63. The van der Waals surface area contributed by atoms with Gasteiger partial charge in [-0.25, -0.2) is 87.6 Å². The number of pyridine rings is 2. The van der Waals surface area contributed by atoms with Crippen LogP contribution in [0.4, 0.5) is 29.0 Å². The van der Waals surface area contributed by atoms with Gasteiger partial charge in [-0.05, 0) is 30.9 Å². The van der Waals surface area contributed by atoms with Gasteiger partial charge in [0, 0.05) is 12.4 Å². The van der Waals surface area contributed by atoms with Gasteiger partial charge in [-0.15, -0.1) is 0 Å². The number of phosphoric ester groups is 4. The number of nitrogens with zero attached hydrogens (tertiary/aromatic N) is 20. The number of fused-ring (bicyclic) bond motifs is 12. The zero-order valence-electron chi connectivity index (χ0n) is 67.5. The molecule has 30 atom stereocenters. The molecule has 134 heavy (non-hydrogen) atoms. The van der Waals surface area contributed by atoms with Gasteiger partial charge < -0.3 is 122 Å². The number of imidazole rings is 6. The van der Waals surface area contributed by atoms with Gasteiger partial charge in [-0.2, -0.15) is 4.98 Å². The van der Waals surface area contributed by atoms with E-state index in [1.54, 1.807) is 6.07 Å². The van der Waals surface area contributed by atoms with E-state index in [-0.39, 0.29) is 73.7 Å². The van der Waals surface area contributed by atoms with Crippen molar-refractivity contribution in [2.24, 2.45) is 0 Å². The van der Waals surface area contributed by atoms with Gasteiger partial charge in [0.1, 0.15) is 150 Å². The molecule has 23 N–H and O–H groups in total. The monoisotopic (exact) mass is 2040 g/mol. The lowest BCUT2D eigenvalue weighted by molar-refractivity contribution is -0.0665. The van der Waals surface area contributed by atoms with Crippen LogP contribution >= 0.6 is 57.1 Å². The largest absolute Gasteiger partial charge is 0.472 e. The summed E-state index contributed by atoms with van der Waals surface area (Å²) in [4.78, 5) is 140. The van der Waals surface area contributed by atoms with Gasteiger partial charge in [0.25, 0.3) is 11.1 Å². The highest BCUT2D eigenvalue weighted by Gasteiger charge is 2.59. The summed E-state index contributed by atoms with van der Waals surface area (Å²) in [6.45, 7) is -11.1. The molecule has 9 aliphatic rings. The Balaban J connectivity index is 0.000000129. The highest BCUT2D eigenvalue weighted by Crippen LogP contribution is 2.61. The number of aliphatic hydroxyl groups is 6. The van der Waals surface area contributed by atoms with Gasteiger partial charge in [0.15, 0.2) is 93.9 Å². The Morgan fingerprint density at radius 3 is 1.01 bits per heavy atom. The van der Waals surface area contributed by atoms with Crippen LogP contribution in [-0.2, 0) is 117 Å². The highest BCUT2D eigenvalue weighted by molar-refractivity contribution is 8.44. The zero-order valence-corrected chi connectivity index (χ0v) is 74.6. The van der Waals surface area contributed by atoms with Gasteiger partial charge >= 0.3 is 44.8 Å². The van der Waals surface area contributed by atoms with Gasteiger partial charge in [-0.1, -0.05) is 12.2 Å². The van der Waals surface area contributed by atoms with E-state index in [0.29, 0.717) is 28.1 Å². The van der Waals surface area contributed by atoms with E-state index in [1.165, 1.54) is 79.9 Å². The second-order valence-electron chi connectivity index (χ2n) is 30.7. The second-order valence-corrected chi connectivity index (χ2v) is 42.0. The quantitative estimate of drug-likeness (QED) is 0.0572. The highest BCUT2D eigenvalue weighted by atomic mass is 32.7. The van der Waals surface area contributed by atoms with E-state index in [0.717, 1.165) is 23.5 Å². The fourth-order valence-corrected chi connectivity index (χ4v) is 22.9. The SMILES string of the molecule is Cc1nc2c(ncn2[C@@H]2O[C@@H]3COP(=O)(O)O[C@@H]4C(O)[C@H](n5cnc6c(=O)[nH]c(N)nc65)O[C@@H]4COP(=O)(O)O[C@@H]3C2O)c(=O)[nH]1.Nc1ccnc2c1ncn2[C@@H]1O[C@@H]2COP(=O)(O)O[C@@H]3C(O)[C@H](n4cnc5c(N)ncnc54)O[C@@H]3COP(=O)(O)O[C@@H]2C1O.Nc1ccnc2c1ncn2[C@@H]1O[C@@H]2COP(O)(=S)O[C@@H]3C(O)[C@H](n4cnc5c(N)ncnc54)O[C@@H]3COP(=O)(S)O[C@@H]2C1O. The van der Waals surface area contributed by atoms with Gasteiger partial charge in [-0.3, -0.25) is 91.7 Å². The fraction of sp³-hybridized carbons (Fsp3) is 0.492. The van der Waals surface area contributed by atoms with Crippen LogP contribution < -0.4 is 39.8 Å². The number of hydrogen-bond acceptors (Lipinski definition) is 51. The number of nitrogens with one attached hydrogen (secondary N) is 2. The minimum absolute atomic E-state index is 0.00445. The summed E-state index contributed by atoms with van der Waals surface area (Å²) in [7, 11) is -20.1. The van der Waals surface area contributed by atoms with Crippen LogP contribution in [0.2, 0.25) is 0 Å². The standard InChI is InChI=1S/C21H25N9O14P2.C21H25N9O12P2.C21H25N9O10P2S2/c1-6-25-15-9(17(33)26-6)23-4-29(15)19-11(31)13-7(41-19)2-39-46(37,38)44-14-8(3-40-45(35,36)43-13)42-20(12(14)32)30-5-24-10-16(30)27-21(22)28-18(10)34;22-8-1-2-24-18-11(8)27-6-29(18)20-13(31)15-9(39-20)3-37-44(35,36)42-16-10(4-38-43(33,34)41-15)40-21(14(16)32)30-7-28-12-17(23)25-5-26-19(12)30;22-8-1-2-24-18-11(8)27-6-29(18)20-13(31)15-9(37-20)3-35-42(34,44)40-16-10(4-36-41(33,43)39-15)38-21(14(16)32)30-7-28-12-17(23)25-5-26-19(12)30/h4-5,7-8,11-14,19-20,31-32H,2-3H2,1H3,(H,35,36)(H,37,38)(H,25,26,33)(H3,22,27,28,34);1-2,5-7,9-10,13-16,20-21,31-32H,3-4H2,(H2,22,24)(H,33,34)(H,35,36)(H2,23,25,26);1-2,5-7,9-10,13-16,20-21,31-32H,3-4H2,(H2,22,24)(H,33,43)(H,34,44)(H2,23,25,26)/t7-,8-,11?,12?,13+,14+,19-,20-;9-,10-,13?,14?,15+,16+,20-,21-;9-,10-,13?,14?,15+,16+,20-,21-,41?,42?/m111/s1. The molecule has 0 amide bonds. The molecule has 9 saturated heterocycles. The first-order valence-electron chi connectivity index (χ1n) is 39.2. The number of aliphatic hydroxyl groups excluding tert-OH is 6. The van der Waals surface area contributed by atoms with E-state index < -0.39 is 243 Å². The van der Waals surface area contributed by atoms with E-state index in [1.807, 2.05) is 0 Å². The van der Waals surface area contributed by atoms with Crippen molar-refractivity contribution >= 4 is 165 Å². The topological polar surface area (TPSA) is 880 Å². The fourth-order valence-electron chi connectivity index (χ4n) is 16.1. The molecule has 21 rings (SSSR count). The number of ether oxygens (including phenoxy) is 6. The van der Waals surface area contributed by atoms with Crippen LogP contribution in [0, 0.1) is 6.92 Å². The number of nitrogen functional groups attached to an aromatic ring is 5. The van der Waals surface area contributed by atoms with Crippen LogP contribution in [-0.4, -0.2) is 312 Å². The molecule has 12 unspecified atom stereocenters. The van der Waals surface area contributed by atoms with Crippen molar-refractivity contribution in [1.29, 1.82) is 0 Å². The third-order valence-electron chi connectivity index (χ3n) is 22.2. The second kappa shape index (κ2) is 35.8. The third kappa shape index (κ3) is 18.0. The Bertz CT molecular complexity index is 6320. The lowest BCUT2D eigenvalue weighted by Crippen LogP contribution is -2.39. The van der Waals surface area contributed by atoms with Crippen molar-refractivity contribution in [1.82, 2.24) is 107 Å². The van der Waals surface area contributed by atoms with Crippen LogP contribution in [0.15, 0.2) is 84.7 Å². The molecule has 9 fully saturated rings. The Kier molecular flexibility index (Phi) is 25.1. The summed E-state index contributed by atoms with van der Waals surface area (Å²) < 4.78 is 173. The summed E-state index contributed by atoms with van der Waals surface area (Å²) in [5.74, 6) is 0.108. The molecule has 12 aromatic heterocycles. The number of H-pyrrole nitrogens is 2. The van der Waals surface area contributed by atoms with Crippen molar-refractivity contribution < 1.29 is 161 Å². The first-order chi connectivity index (χ1) is 63.6. The Morgan fingerprint density at radius 1 is 0.366 bits per heavy atom. The average molecular weight is 2040 g/mol. The molecule has 71 heteroatoms. The number of nitrogens with two attached hydrogens (primary N) is 5. The molecule has 9 aliphatic heterocycles. The number of hydrogen-bond donors (Lipinski definition) is 19. The molecular weight excluding hydrogens is 1960 g/mol. The molecule has 0 spiro atoms. The van der Waals surface area contributed by atoms with Crippen molar-refractivity contribution in [2.75, 3.05) is 68.3 Å². The van der Waals surface area contributed by atoms with Crippen molar-refractivity contribution in [3.8, 4) is 0 Å². The zero-order chi connectivity index (χ0) is 94.6. The summed E-state index contributed by atoms with van der Waals surface area (Å²) in [5.41, 5.74) is 30.4. The molecule has 12 aromatic rings. The number of anilines is 5. The number of aromatic amines is 2. The van der Waals surface area contributed by atoms with Crippen molar-refractivity contribution in [3.05, 3.63) is 102 Å². The minimum atomic E-state index is -5.08. The Morgan fingerprint density at radius 2 is 0.649 bits per heavy atom. The van der Waals surface area contributed by atoms with Crippen molar-refractivity contribution in [3.63, 3.8) is 0 Å². The normalized spacial score (nSPS) is 37.9. The van der Waals surface area contributed by atoms with E-state index in [9.17, 15) is 87.5 Å². The molecular formula is C63H75N27O36P6S2. The van der Waals surface area contributed by atoms with E-state index >= 15 is 0 Å². The molecule has 0 radical (unpaired) electrons. The maximum atomic E-state index is 13.4. The Hall–Kier alpha value is -8.97. The first kappa shape index (κ1) is 94.0. The van der Waals surface area contributed by atoms with Gasteiger partial charge in [0.2, 0.25) is 5.95 Å². The maximum Gasteiger partial charge on any atom is 0.472 e. The molecule has 21 heterocycles.